The van der Waals surface area contributed by atoms with E-state index >= 15 is 0 Å². The van der Waals surface area contributed by atoms with Gasteiger partial charge in [0.1, 0.15) is 0 Å². The number of sulfone groups is 1. The standard InChI is InChI=1S/C17H24N2O3S/c1-13(17(20)18-10-14-7-9-23(21,22)12-14)19-8-6-15-4-2-3-5-16(15)11-19/h2-5,13-14H,6-12H2,1H3,(H,18,20)/t13-,14+/m1/s1. The summed E-state index contributed by atoms with van der Waals surface area (Å²) in [6, 6.07) is 8.17. The summed E-state index contributed by atoms with van der Waals surface area (Å²) in [5, 5.41) is 2.94. The van der Waals surface area contributed by atoms with E-state index in [-0.39, 0.29) is 29.4 Å². The van der Waals surface area contributed by atoms with Crippen LogP contribution in [0.25, 0.3) is 0 Å². The Balaban J connectivity index is 1.52. The van der Waals surface area contributed by atoms with Gasteiger partial charge in [-0.25, -0.2) is 8.42 Å². The van der Waals surface area contributed by atoms with Crippen molar-refractivity contribution in [3.63, 3.8) is 0 Å². The number of fused-ring (bicyclic) bond motifs is 1. The van der Waals surface area contributed by atoms with Gasteiger partial charge in [0.05, 0.1) is 17.5 Å². The molecule has 126 valence electrons. The molecule has 2 atom stereocenters. The molecule has 0 bridgehead atoms. The van der Waals surface area contributed by atoms with E-state index in [1.54, 1.807) is 0 Å². The largest absolute Gasteiger partial charge is 0.354 e. The average Bonchev–Trinajstić information content (AvgIpc) is 2.90. The molecule has 1 amide bonds. The Labute approximate surface area is 138 Å². The molecule has 0 unspecified atom stereocenters. The Morgan fingerprint density at radius 3 is 2.78 bits per heavy atom. The lowest BCUT2D eigenvalue weighted by atomic mass is 9.98. The van der Waals surface area contributed by atoms with Crippen LogP contribution in [0, 0.1) is 5.92 Å². The van der Waals surface area contributed by atoms with E-state index in [9.17, 15) is 13.2 Å². The van der Waals surface area contributed by atoms with Crippen LogP contribution < -0.4 is 5.32 Å². The fraction of sp³-hybridized carbons (Fsp3) is 0.588. The van der Waals surface area contributed by atoms with Gasteiger partial charge in [0.25, 0.3) is 0 Å². The number of benzene rings is 1. The number of hydrogen-bond acceptors (Lipinski definition) is 4. The summed E-state index contributed by atoms with van der Waals surface area (Å²) in [6.07, 6.45) is 1.63. The monoisotopic (exact) mass is 336 g/mol. The fourth-order valence-electron chi connectivity index (χ4n) is 3.44. The summed E-state index contributed by atoms with van der Waals surface area (Å²) in [6.45, 7) is 4.06. The zero-order valence-corrected chi connectivity index (χ0v) is 14.3. The second-order valence-corrected chi connectivity index (χ2v) is 8.91. The van der Waals surface area contributed by atoms with Crippen LogP contribution in [0.4, 0.5) is 0 Å². The summed E-state index contributed by atoms with van der Waals surface area (Å²) in [4.78, 5) is 14.6. The van der Waals surface area contributed by atoms with E-state index in [2.05, 4.69) is 28.4 Å². The van der Waals surface area contributed by atoms with E-state index in [1.165, 1.54) is 11.1 Å². The number of rotatable bonds is 4. The molecule has 2 aliphatic rings. The van der Waals surface area contributed by atoms with Gasteiger partial charge in [0.15, 0.2) is 9.84 Å². The minimum absolute atomic E-state index is 0.00585. The maximum atomic E-state index is 12.4. The smallest absolute Gasteiger partial charge is 0.237 e. The molecule has 6 heteroatoms. The minimum atomic E-state index is -2.88. The lowest BCUT2D eigenvalue weighted by Crippen LogP contribution is -2.48. The zero-order chi connectivity index (χ0) is 16.4. The van der Waals surface area contributed by atoms with Crippen LogP contribution in [-0.2, 0) is 27.6 Å². The molecule has 0 spiro atoms. The van der Waals surface area contributed by atoms with Gasteiger partial charge in [0, 0.05) is 19.6 Å². The number of amides is 1. The highest BCUT2D eigenvalue weighted by Crippen LogP contribution is 2.21. The summed E-state index contributed by atoms with van der Waals surface area (Å²) >= 11 is 0. The molecule has 1 N–H and O–H groups in total. The Kier molecular flexibility index (Phi) is 4.73. The first-order chi connectivity index (χ1) is 10.9. The molecule has 1 fully saturated rings. The van der Waals surface area contributed by atoms with Crippen LogP contribution in [0.2, 0.25) is 0 Å². The van der Waals surface area contributed by atoms with Crippen molar-refractivity contribution in [3.8, 4) is 0 Å². The van der Waals surface area contributed by atoms with Crippen molar-refractivity contribution < 1.29 is 13.2 Å². The first kappa shape index (κ1) is 16.5. The predicted octanol–water partition coefficient (Wildman–Crippen LogP) is 0.984. The maximum absolute atomic E-state index is 12.4. The van der Waals surface area contributed by atoms with Gasteiger partial charge in [-0.3, -0.25) is 9.69 Å². The number of nitrogens with one attached hydrogen (secondary N) is 1. The van der Waals surface area contributed by atoms with Crippen LogP contribution >= 0.6 is 0 Å². The molecule has 1 saturated heterocycles. The second-order valence-electron chi connectivity index (χ2n) is 6.68. The van der Waals surface area contributed by atoms with E-state index in [0.717, 1.165) is 19.5 Å². The number of carbonyl (C=O) groups is 1. The van der Waals surface area contributed by atoms with Gasteiger partial charge < -0.3 is 5.32 Å². The Hall–Kier alpha value is -1.40. The second kappa shape index (κ2) is 6.61. The van der Waals surface area contributed by atoms with Crippen LogP contribution in [0.1, 0.15) is 24.5 Å². The van der Waals surface area contributed by atoms with Crippen LogP contribution in [0.3, 0.4) is 0 Å². The Morgan fingerprint density at radius 2 is 2.09 bits per heavy atom. The molecule has 1 aromatic carbocycles. The highest BCUT2D eigenvalue weighted by atomic mass is 32.2. The summed E-state index contributed by atoms with van der Waals surface area (Å²) in [5.74, 6) is 0.525. The third kappa shape index (κ3) is 3.93. The number of hydrogen-bond donors (Lipinski definition) is 1. The van der Waals surface area contributed by atoms with Crippen molar-refractivity contribution in [3.05, 3.63) is 35.4 Å². The summed E-state index contributed by atoms with van der Waals surface area (Å²) < 4.78 is 22.9. The summed E-state index contributed by atoms with van der Waals surface area (Å²) in [5.41, 5.74) is 2.66. The molecule has 0 radical (unpaired) electrons. The van der Waals surface area contributed by atoms with Gasteiger partial charge in [-0.2, -0.15) is 0 Å². The molecule has 2 heterocycles. The van der Waals surface area contributed by atoms with Gasteiger partial charge in [-0.15, -0.1) is 0 Å². The summed E-state index contributed by atoms with van der Waals surface area (Å²) in [7, 11) is -2.88. The fourth-order valence-corrected chi connectivity index (χ4v) is 5.30. The normalized spacial score (nSPS) is 24.8. The van der Waals surface area contributed by atoms with Crippen molar-refractivity contribution in [1.82, 2.24) is 10.2 Å². The third-order valence-electron chi connectivity index (χ3n) is 4.98. The SMILES string of the molecule is C[C@H](C(=O)NC[C@@H]1CCS(=O)(=O)C1)N1CCc2ccccc2C1. The van der Waals surface area contributed by atoms with Crippen molar-refractivity contribution in [2.24, 2.45) is 5.92 Å². The third-order valence-corrected chi connectivity index (χ3v) is 6.82. The zero-order valence-electron chi connectivity index (χ0n) is 13.5. The van der Waals surface area contributed by atoms with E-state index in [0.29, 0.717) is 13.0 Å². The molecular weight excluding hydrogens is 312 g/mol. The minimum Gasteiger partial charge on any atom is -0.354 e. The number of nitrogens with zero attached hydrogens (tertiary/aromatic N) is 1. The van der Waals surface area contributed by atoms with Crippen molar-refractivity contribution in [2.45, 2.75) is 32.4 Å². The highest BCUT2D eigenvalue weighted by Gasteiger charge is 2.29. The molecule has 0 aliphatic carbocycles. The van der Waals surface area contributed by atoms with E-state index in [4.69, 9.17) is 0 Å². The molecule has 2 aliphatic heterocycles. The Bertz CT molecular complexity index is 687. The van der Waals surface area contributed by atoms with Gasteiger partial charge in [-0.1, -0.05) is 24.3 Å². The van der Waals surface area contributed by atoms with E-state index < -0.39 is 9.84 Å². The van der Waals surface area contributed by atoms with Gasteiger partial charge in [-0.05, 0) is 36.8 Å². The quantitative estimate of drug-likeness (QED) is 0.890. The van der Waals surface area contributed by atoms with Gasteiger partial charge >= 0.3 is 0 Å². The lowest BCUT2D eigenvalue weighted by molar-refractivity contribution is -0.126. The van der Waals surface area contributed by atoms with Crippen molar-refractivity contribution in [1.29, 1.82) is 0 Å². The first-order valence-corrected chi connectivity index (χ1v) is 10.1. The molecule has 0 aromatic heterocycles. The molecule has 23 heavy (non-hydrogen) atoms. The predicted molar refractivity (Wildman–Crippen MR) is 89.8 cm³/mol. The molecular formula is C17H24N2O3S. The van der Waals surface area contributed by atoms with E-state index in [1.807, 2.05) is 13.0 Å². The van der Waals surface area contributed by atoms with Crippen molar-refractivity contribution >= 4 is 15.7 Å². The van der Waals surface area contributed by atoms with Crippen LogP contribution in [-0.4, -0.2) is 49.9 Å². The number of carbonyl (C=O) groups excluding carboxylic acids is 1. The molecule has 1 aromatic rings. The molecule has 5 nitrogen and oxygen atoms in total. The maximum Gasteiger partial charge on any atom is 0.237 e. The van der Waals surface area contributed by atoms with Crippen LogP contribution in [0.15, 0.2) is 24.3 Å². The molecule has 3 rings (SSSR count). The first-order valence-electron chi connectivity index (χ1n) is 8.23. The molecule has 0 saturated carbocycles. The van der Waals surface area contributed by atoms with Crippen LogP contribution in [0.5, 0.6) is 0 Å². The van der Waals surface area contributed by atoms with Gasteiger partial charge in [0.2, 0.25) is 5.91 Å². The van der Waals surface area contributed by atoms with Crippen molar-refractivity contribution in [2.75, 3.05) is 24.6 Å². The average molecular weight is 336 g/mol. The topological polar surface area (TPSA) is 66.5 Å². The highest BCUT2D eigenvalue weighted by molar-refractivity contribution is 7.91. The Morgan fingerprint density at radius 1 is 1.35 bits per heavy atom. The lowest BCUT2D eigenvalue weighted by Gasteiger charge is -2.33.